The van der Waals surface area contributed by atoms with Crippen LogP contribution in [0.3, 0.4) is 0 Å². The van der Waals surface area contributed by atoms with Crippen LogP contribution < -0.4 is 5.32 Å². The summed E-state index contributed by atoms with van der Waals surface area (Å²) in [6.07, 6.45) is 3.84. The van der Waals surface area contributed by atoms with Gasteiger partial charge in [-0.05, 0) is 6.92 Å². The van der Waals surface area contributed by atoms with Crippen molar-refractivity contribution in [2.45, 2.75) is 19.5 Å². The number of nitrogens with zero attached hydrogens (tertiary/aromatic N) is 4. The van der Waals surface area contributed by atoms with E-state index in [4.69, 9.17) is 4.52 Å². The summed E-state index contributed by atoms with van der Waals surface area (Å²) < 4.78 is 7.22. The fourth-order valence-corrected chi connectivity index (χ4v) is 2.59. The molecule has 0 spiro atoms. The summed E-state index contributed by atoms with van der Waals surface area (Å²) in [5.41, 5.74) is 0.985. The van der Waals surface area contributed by atoms with Gasteiger partial charge in [0, 0.05) is 51.7 Å². The van der Waals surface area contributed by atoms with Gasteiger partial charge in [0.15, 0.2) is 0 Å². The summed E-state index contributed by atoms with van der Waals surface area (Å²) in [5.74, 6) is 1.95. The Morgan fingerprint density at radius 2 is 2.42 bits per heavy atom. The van der Waals surface area contributed by atoms with Gasteiger partial charge in [0.05, 0.1) is 11.7 Å². The van der Waals surface area contributed by atoms with E-state index in [1.165, 1.54) is 0 Å². The van der Waals surface area contributed by atoms with Crippen LogP contribution in [-0.4, -0.2) is 39.2 Å². The van der Waals surface area contributed by atoms with E-state index in [9.17, 15) is 0 Å². The smallest absolute Gasteiger partial charge is 0.133 e. The molecule has 6 nitrogen and oxygen atoms in total. The second kappa shape index (κ2) is 5.14. The minimum atomic E-state index is 0.283. The van der Waals surface area contributed by atoms with E-state index in [-0.39, 0.29) is 6.04 Å². The molecule has 1 fully saturated rings. The largest absolute Gasteiger partial charge is 0.361 e. The molecule has 0 amide bonds. The zero-order valence-corrected chi connectivity index (χ0v) is 11.3. The van der Waals surface area contributed by atoms with Gasteiger partial charge in [0.1, 0.15) is 11.6 Å². The average molecular weight is 261 g/mol. The zero-order valence-electron chi connectivity index (χ0n) is 11.3. The molecule has 1 unspecified atom stereocenters. The van der Waals surface area contributed by atoms with Crippen LogP contribution in [0.4, 0.5) is 0 Å². The van der Waals surface area contributed by atoms with Crippen molar-refractivity contribution in [3.05, 3.63) is 35.7 Å². The fourth-order valence-electron chi connectivity index (χ4n) is 2.59. The third-order valence-corrected chi connectivity index (χ3v) is 3.55. The summed E-state index contributed by atoms with van der Waals surface area (Å²) >= 11 is 0. The topological polar surface area (TPSA) is 59.1 Å². The Morgan fingerprint density at radius 3 is 3.11 bits per heavy atom. The molecule has 1 aliphatic heterocycles. The quantitative estimate of drug-likeness (QED) is 0.888. The zero-order chi connectivity index (χ0) is 13.2. The van der Waals surface area contributed by atoms with Gasteiger partial charge in [-0.2, -0.15) is 0 Å². The van der Waals surface area contributed by atoms with Crippen LogP contribution in [0, 0.1) is 6.92 Å². The van der Waals surface area contributed by atoms with Crippen LogP contribution in [0.25, 0.3) is 0 Å². The lowest BCUT2D eigenvalue weighted by molar-refractivity contribution is 0.141. The van der Waals surface area contributed by atoms with Crippen LogP contribution in [0.1, 0.15) is 23.3 Å². The molecule has 3 rings (SSSR count). The summed E-state index contributed by atoms with van der Waals surface area (Å²) in [7, 11) is 2.04. The molecule has 1 aliphatic rings. The van der Waals surface area contributed by atoms with E-state index in [0.29, 0.717) is 0 Å². The molecule has 0 aliphatic carbocycles. The second-order valence-electron chi connectivity index (χ2n) is 5.02. The molecule has 6 heteroatoms. The van der Waals surface area contributed by atoms with E-state index in [1.54, 1.807) is 0 Å². The highest BCUT2D eigenvalue weighted by Crippen LogP contribution is 2.22. The Hall–Kier alpha value is -1.66. The van der Waals surface area contributed by atoms with Crippen molar-refractivity contribution in [1.82, 2.24) is 24.9 Å². The standard InChI is InChI=1S/C13H19N5O/c1-10-7-11(16-19-10)9-18-6-3-14-8-12(18)13-15-4-5-17(13)2/h4-5,7,12,14H,3,6,8-9H2,1-2H3. The minimum absolute atomic E-state index is 0.283. The van der Waals surface area contributed by atoms with E-state index < -0.39 is 0 Å². The Balaban J connectivity index is 1.79. The molecule has 0 radical (unpaired) electrons. The van der Waals surface area contributed by atoms with Gasteiger partial charge in [-0.25, -0.2) is 4.98 Å². The predicted octanol–water partition coefficient (Wildman–Crippen LogP) is 0.863. The first kappa shape index (κ1) is 12.4. The Kier molecular flexibility index (Phi) is 3.35. The van der Waals surface area contributed by atoms with Gasteiger partial charge in [0.25, 0.3) is 0 Å². The van der Waals surface area contributed by atoms with Crippen molar-refractivity contribution < 1.29 is 4.52 Å². The maximum absolute atomic E-state index is 5.14. The SMILES string of the molecule is Cc1cc(CN2CCNCC2c2nccn2C)no1. The van der Waals surface area contributed by atoms with Gasteiger partial charge in [-0.15, -0.1) is 0 Å². The molecule has 0 aromatic carbocycles. The Morgan fingerprint density at radius 1 is 1.53 bits per heavy atom. The molecule has 2 aromatic rings. The molecule has 0 saturated carbocycles. The highest BCUT2D eigenvalue weighted by atomic mass is 16.5. The van der Waals surface area contributed by atoms with Crippen LogP contribution in [-0.2, 0) is 13.6 Å². The van der Waals surface area contributed by atoms with Gasteiger partial charge in [-0.3, -0.25) is 4.90 Å². The van der Waals surface area contributed by atoms with Crippen molar-refractivity contribution >= 4 is 0 Å². The van der Waals surface area contributed by atoms with Gasteiger partial charge in [0.2, 0.25) is 0 Å². The maximum Gasteiger partial charge on any atom is 0.133 e. The number of rotatable bonds is 3. The Labute approximate surface area is 112 Å². The third kappa shape index (κ3) is 2.54. The lowest BCUT2D eigenvalue weighted by Crippen LogP contribution is -2.46. The van der Waals surface area contributed by atoms with Gasteiger partial charge >= 0.3 is 0 Å². The summed E-state index contributed by atoms with van der Waals surface area (Å²) in [6.45, 7) is 5.63. The maximum atomic E-state index is 5.14. The third-order valence-electron chi connectivity index (χ3n) is 3.55. The number of aromatic nitrogens is 3. The average Bonchev–Trinajstić information content (AvgIpc) is 2.99. The van der Waals surface area contributed by atoms with Crippen molar-refractivity contribution in [2.75, 3.05) is 19.6 Å². The van der Waals surface area contributed by atoms with E-state index in [2.05, 4.69) is 24.9 Å². The molecule has 3 heterocycles. The van der Waals surface area contributed by atoms with E-state index in [0.717, 1.165) is 43.5 Å². The fraction of sp³-hybridized carbons (Fsp3) is 0.538. The molecule has 0 bridgehead atoms. The monoisotopic (exact) mass is 261 g/mol. The van der Waals surface area contributed by atoms with Crippen LogP contribution >= 0.6 is 0 Å². The predicted molar refractivity (Wildman–Crippen MR) is 70.5 cm³/mol. The Bertz CT molecular complexity index is 547. The van der Waals surface area contributed by atoms with E-state index >= 15 is 0 Å². The number of hydrogen-bond acceptors (Lipinski definition) is 5. The minimum Gasteiger partial charge on any atom is -0.361 e. The van der Waals surface area contributed by atoms with Crippen LogP contribution in [0.2, 0.25) is 0 Å². The van der Waals surface area contributed by atoms with Gasteiger partial charge in [-0.1, -0.05) is 5.16 Å². The molecule has 1 saturated heterocycles. The molecule has 19 heavy (non-hydrogen) atoms. The first-order chi connectivity index (χ1) is 9.24. The van der Waals surface area contributed by atoms with Crippen molar-refractivity contribution in [1.29, 1.82) is 0 Å². The summed E-state index contributed by atoms with van der Waals surface area (Å²) in [5, 5.41) is 7.52. The first-order valence-electron chi connectivity index (χ1n) is 6.58. The van der Waals surface area contributed by atoms with Crippen molar-refractivity contribution in [3.8, 4) is 0 Å². The van der Waals surface area contributed by atoms with Gasteiger partial charge < -0.3 is 14.4 Å². The highest BCUT2D eigenvalue weighted by molar-refractivity contribution is 5.07. The molecular formula is C13H19N5O. The van der Waals surface area contributed by atoms with Crippen LogP contribution in [0.5, 0.6) is 0 Å². The molecular weight excluding hydrogens is 242 g/mol. The van der Waals surface area contributed by atoms with Crippen molar-refractivity contribution in [2.24, 2.45) is 7.05 Å². The molecule has 2 aromatic heterocycles. The second-order valence-corrected chi connectivity index (χ2v) is 5.02. The van der Waals surface area contributed by atoms with E-state index in [1.807, 2.05) is 32.4 Å². The lowest BCUT2D eigenvalue weighted by Gasteiger charge is -2.35. The number of hydrogen-bond donors (Lipinski definition) is 1. The summed E-state index contributed by atoms with van der Waals surface area (Å²) in [4.78, 5) is 6.87. The first-order valence-corrected chi connectivity index (χ1v) is 6.58. The van der Waals surface area contributed by atoms with Crippen molar-refractivity contribution in [3.63, 3.8) is 0 Å². The molecule has 102 valence electrons. The number of aryl methyl sites for hydroxylation is 2. The number of piperazine rings is 1. The number of nitrogens with one attached hydrogen (secondary N) is 1. The molecule has 1 atom stereocenters. The normalized spacial score (nSPS) is 20.8. The number of imidazole rings is 1. The molecule has 1 N–H and O–H groups in total. The summed E-state index contributed by atoms with van der Waals surface area (Å²) in [6, 6.07) is 2.28. The lowest BCUT2D eigenvalue weighted by atomic mass is 10.1. The van der Waals surface area contributed by atoms with Crippen LogP contribution in [0.15, 0.2) is 23.0 Å². The highest BCUT2D eigenvalue weighted by Gasteiger charge is 2.27.